The highest BCUT2D eigenvalue weighted by Gasteiger charge is 2.28. The molecule has 0 atom stereocenters. The van der Waals surface area contributed by atoms with Crippen molar-refractivity contribution in [2.45, 2.75) is 32.4 Å². The average molecular weight is 459 g/mol. The molecule has 0 aliphatic heterocycles. The van der Waals surface area contributed by atoms with E-state index in [2.05, 4.69) is 25.8 Å². The van der Waals surface area contributed by atoms with Crippen LogP contribution in [0.2, 0.25) is 0 Å². The molecule has 2 heterocycles. The van der Waals surface area contributed by atoms with Gasteiger partial charge in [-0.1, -0.05) is 24.3 Å². The van der Waals surface area contributed by atoms with E-state index in [0.717, 1.165) is 40.4 Å². The summed E-state index contributed by atoms with van der Waals surface area (Å²) in [5, 5.41) is 17.9. The molecule has 9 heteroatoms. The molecule has 1 aliphatic carbocycles. The van der Waals surface area contributed by atoms with E-state index >= 15 is 0 Å². The lowest BCUT2D eigenvalue weighted by molar-refractivity contribution is -0.111. The zero-order chi connectivity index (χ0) is 22.6. The molecule has 1 N–H and O–H groups in total. The number of nitrogens with one attached hydrogen (secondary N) is 1. The molecule has 0 saturated heterocycles. The fourth-order valence-electron chi connectivity index (χ4n) is 3.38. The SMILES string of the molecule is Cc1nc(COc2cccc(C=CC(=O)Nc3cccc(-c4nnnn4C4CC4)c3)c2)cs1. The number of nitrogens with zero attached hydrogens (tertiary/aromatic N) is 5. The van der Waals surface area contributed by atoms with Crippen LogP contribution >= 0.6 is 11.3 Å². The first kappa shape index (κ1) is 21.0. The van der Waals surface area contributed by atoms with Gasteiger partial charge in [0.2, 0.25) is 5.91 Å². The van der Waals surface area contributed by atoms with E-state index < -0.39 is 0 Å². The smallest absolute Gasteiger partial charge is 0.248 e. The van der Waals surface area contributed by atoms with Gasteiger partial charge in [-0.05, 0) is 66.1 Å². The molecule has 33 heavy (non-hydrogen) atoms. The maximum absolute atomic E-state index is 12.5. The van der Waals surface area contributed by atoms with Gasteiger partial charge in [0.05, 0.1) is 16.7 Å². The number of thiazole rings is 1. The maximum atomic E-state index is 12.5. The summed E-state index contributed by atoms with van der Waals surface area (Å²) >= 11 is 1.60. The Morgan fingerprint density at radius 3 is 2.94 bits per heavy atom. The Balaban J connectivity index is 1.21. The number of amides is 1. The van der Waals surface area contributed by atoms with Gasteiger partial charge < -0.3 is 10.1 Å². The van der Waals surface area contributed by atoms with Gasteiger partial charge in [0, 0.05) is 22.7 Å². The number of aryl methyl sites for hydroxylation is 1. The standard InChI is InChI=1S/C24H22N6O2S/c1-16-25-20(15-33-16)14-32-22-7-2-4-17(12-22)8-11-23(31)26-19-6-3-5-18(13-19)24-27-28-29-30(24)21-9-10-21/h2-8,11-13,15,21H,9-10,14H2,1H3,(H,26,31). The van der Waals surface area contributed by atoms with Crippen LogP contribution in [0, 0.1) is 6.92 Å². The van der Waals surface area contributed by atoms with Crippen LogP contribution in [0.5, 0.6) is 5.75 Å². The summed E-state index contributed by atoms with van der Waals surface area (Å²) in [7, 11) is 0. The summed E-state index contributed by atoms with van der Waals surface area (Å²) in [6.07, 6.45) is 5.45. The first-order valence-electron chi connectivity index (χ1n) is 10.7. The van der Waals surface area contributed by atoms with Crippen molar-refractivity contribution in [2.75, 3.05) is 5.32 Å². The minimum Gasteiger partial charge on any atom is -0.487 e. The summed E-state index contributed by atoms with van der Waals surface area (Å²) in [5.41, 5.74) is 3.33. The zero-order valence-electron chi connectivity index (χ0n) is 18.0. The van der Waals surface area contributed by atoms with Gasteiger partial charge in [-0.2, -0.15) is 0 Å². The summed E-state index contributed by atoms with van der Waals surface area (Å²) in [6.45, 7) is 2.39. The molecular formula is C24H22N6O2S. The van der Waals surface area contributed by atoms with Gasteiger partial charge in [0.1, 0.15) is 12.4 Å². The van der Waals surface area contributed by atoms with Crippen LogP contribution in [-0.2, 0) is 11.4 Å². The van der Waals surface area contributed by atoms with Gasteiger partial charge in [0.25, 0.3) is 0 Å². The number of anilines is 1. The van der Waals surface area contributed by atoms with Crippen molar-refractivity contribution in [3.8, 4) is 17.1 Å². The predicted molar refractivity (Wildman–Crippen MR) is 127 cm³/mol. The maximum Gasteiger partial charge on any atom is 0.248 e. The van der Waals surface area contributed by atoms with Crippen molar-refractivity contribution in [3.05, 3.63) is 76.3 Å². The van der Waals surface area contributed by atoms with Crippen LogP contribution in [0.25, 0.3) is 17.5 Å². The number of carbonyl (C=O) groups is 1. The third kappa shape index (κ3) is 5.32. The summed E-state index contributed by atoms with van der Waals surface area (Å²) < 4.78 is 7.67. The number of hydrogen-bond acceptors (Lipinski definition) is 7. The fourth-order valence-corrected chi connectivity index (χ4v) is 3.98. The fraction of sp³-hybridized carbons (Fsp3) is 0.208. The molecule has 1 aliphatic rings. The molecule has 1 amide bonds. The summed E-state index contributed by atoms with van der Waals surface area (Å²) in [4.78, 5) is 16.9. The van der Waals surface area contributed by atoms with Crippen molar-refractivity contribution in [1.82, 2.24) is 25.2 Å². The Kier molecular flexibility index (Phi) is 5.95. The number of carbonyl (C=O) groups excluding carboxylic acids is 1. The highest BCUT2D eigenvalue weighted by Crippen LogP contribution is 2.36. The molecule has 2 aromatic carbocycles. The zero-order valence-corrected chi connectivity index (χ0v) is 18.8. The Bertz CT molecular complexity index is 1310. The van der Waals surface area contributed by atoms with Gasteiger partial charge in [-0.15, -0.1) is 16.4 Å². The lowest BCUT2D eigenvalue weighted by atomic mass is 10.1. The molecule has 1 saturated carbocycles. The topological polar surface area (TPSA) is 94.8 Å². The van der Waals surface area contributed by atoms with Crippen LogP contribution in [0.15, 0.2) is 60.0 Å². The van der Waals surface area contributed by atoms with Gasteiger partial charge in [-0.25, -0.2) is 9.67 Å². The van der Waals surface area contributed by atoms with Crippen molar-refractivity contribution >= 4 is 29.0 Å². The van der Waals surface area contributed by atoms with E-state index in [1.165, 1.54) is 6.08 Å². The summed E-state index contributed by atoms with van der Waals surface area (Å²) in [5.74, 6) is 1.22. The number of tetrazole rings is 1. The molecule has 4 aromatic rings. The van der Waals surface area contributed by atoms with Crippen LogP contribution in [0.3, 0.4) is 0 Å². The molecule has 0 unspecified atom stereocenters. The highest BCUT2D eigenvalue weighted by atomic mass is 32.1. The first-order chi connectivity index (χ1) is 16.1. The molecule has 1 fully saturated rings. The Morgan fingerprint density at radius 1 is 1.24 bits per heavy atom. The number of hydrogen-bond donors (Lipinski definition) is 1. The molecular weight excluding hydrogens is 436 g/mol. The normalized spacial score (nSPS) is 13.4. The second-order valence-corrected chi connectivity index (χ2v) is 8.86. The van der Waals surface area contributed by atoms with Crippen LogP contribution in [-0.4, -0.2) is 31.1 Å². The van der Waals surface area contributed by atoms with Crippen molar-refractivity contribution in [3.63, 3.8) is 0 Å². The third-order valence-corrected chi connectivity index (χ3v) is 5.93. The van der Waals surface area contributed by atoms with Gasteiger partial charge >= 0.3 is 0 Å². The van der Waals surface area contributed by atoms with Gasteiger partial charge in [-0.3, -0.25) is 4.79 Å². The molecule has 5 rings (SSSR count). The van der Waals surface area contributed by atoms with Crippen molar-refractivity contribution in [2.24, 2.45) is 0 Å². The van der Waals surface area contributed by atoms with Crippen molar-refractivity contribution < 1.29 is 9.53 Å². The lowest BCUT2D eigenvalue weighted by Crippen LogP contribution is -2.08. The Morgan fingerprint density at radius 2 is 2.12 bits per heavy atom. The quantitative estimate of drug-likeness (QED) is 0.386. The van der Waals surface area contributed by atoms with Crippen LogP contribution < -0.4 is 10.1 Å². The van der Waals surface area contributed by atoms with Gasteiger partial charge in [0.15, 0.2) is 5.82 Å². The Labute approximate surface area is 194 Å². The van der Waals surface area contributed by atoms with E-state index in [1.54, 1.807) is 17.4 Å². The van der Waals surface area contributed by atoms with Crippen molar-refractivity contribution in [1.29, 1.82) is 0 Å². The monoisotopic (exact) mass is 458 g/mol. The van der Waals surface area contributed by atoms with E-state index in [9.17, 15) is 4.79 Å². The van der Waals surface area contributed by atoms with E-state index in [1.807, 2.05) is 65.5 Å². The van der Waals surface area contributed by atoms with E-state index in [4.69, 9.17) is 4.74 Å². The van der Waals surface area contributed by atoms with Crippen LogP contribution in [0.1, 0.15) is 35.1 Å². The third-order valence-electron chi connectivity index (χ3n) is 5.11. The predicted octanol–water partition coefficient (Wildman–Crippen LogP) is 4.67. The second-order valence-electron chi connectivity index (χ2n) is 7.80. The van der Waals surface area contributed by atoms with E-state index in [-0.39, 0.29) is 5.91 Å². The number of aromatic nitrogens is 5. The lowest BCUT2D eigenvalue weighted by Gasteiger charge is -2.07. The minimum absolute atomic E-state index is 0.224. The number of ether oxygens (including phenoxy) is 1. The Hall–Kier alpha value is -3.85. The number of rotatable bonds is 8. The van der Waals surface area contributed by atoms with E-state index in [0.29, 0.717) is 24.2 Å². The average Bonchev–Trinajstić information content (AvgIpc) is 3.39. The molecule has 2 aromatic heterocycles. The molecule has 0 radical (unpaired) electrons. The molecule has 8 nitrogen and oxygen atoms in total. The molecule has 0 spiro atoms. The molecule has 0 bridgehead atoms. The largest absolute Gasteiger partial charge is 0.487 e. The number of benzene rings is 2. The minimum atomic E-state index is -0.224. The second kappa shape index (κ2) is 9.33. The highest BCUT2D eigenvalue weighted by molar-refractivity contribution is 7.09. The first-order valence-corrected chi connectivity index (χ1v) is 11.5. The van der Waals surface area contributed by atoms with Crippen LogP contribution in [0.4, 0.5) is 5.69 Å². The molecule has 166 valence electrons. The summed E-state index contributed by atoms with van der Waals surface area (Å²) in [6, 6.07) is 15.5.